The summed E-state index contributed by atoms with van der Waals surface area (Å²) in [5.74, 6) is -0.829. The maximum atomic E-state index is 13.1. The first kappa shape index (κ1) is 13.2. The molecule has 0 saturated heterocycles. The van der Waals surface area contributed by atoms with E-state index in [1.165, 1.54) is 17.7 Å². The molecule has 2 aromatic rings. The smallest absolute Gasteiger partial charge is 0.126 e. The molecule has 3 heteroatoms. The van der Waals surface area contributed by atoms with E-state index in [-0.39, 0.29) is 5.92 Å². The zero-order valence-corrected chi connectivity index (χ0v) is 11.3. The Bertz CT molecular complexity index is 491. The highest BCUT2D eigenvalue weighted by Crippen LogP contribution is 2.23. The van der Waals surface area contributed by atoms with E-state index in [0.29, 0.717) is 12.0 Å². The number of hydrogen-bond donors (Lipinski definition) is 0. The SMILES string of the molecule is Fc1cc(F)cc(CC(CBr)c2ccccc2)c1. The van der Waals surface area contributed by atoms with Crippen LogP contribution in [-0.2, 0) is 6.42 Å². The summed E-state index contributed by atoms with van der Waals surface area (Å²) in [5.41, 5.74) is 1.85. The van der Waals surface area contributed by atoms with E-state index >= 15 is 0 Å². The van der Waals surface area contributed by atoms with Crippen molar-refractivity contribution in [1.29, 1.82) is 0 Å². The molecule has 0 aliphatic heterocycles. The summed E-state index contributed by atoms with van der Waals surface area (Å²) in [6, 6.07) is 13.6. The standard InChI is InChI=1S/C15H13BrF2/c16-10-13(12-4-2-1-3-5-12)6-11-7-14(17)9-15(18)8-11/h1-5,7-9,13H,6,10H2. The molecule has 0 fully saturated rings. The van der Waals surface area contributed by atoms with E-state index < -0.39 is 11.6 Å². The van der Waals surface area contributed by atoms with Crippen LogP contribution in [0.4, 0.5) is 8.78 Å². The predicted molar refractivity (Wildman–Crippen MR) is 73.0 cm³/mol. The van der Waals surface area contributed by atoms with Gasteiger partial charge in [0.1, 0.15) is 11.6 Å². The fourth-order valence-electron chi connectivity index (χ4n) is 2.00. The lowest BCUT2D eigenvalue weighted by Gasteiger charge is -2.14. The molecule has 0 spiro atoms. The van der Waals surface area contributed by atoms with Crippen LogP contribution in [-0.4, -0.2) is 5.33 Å². The molecule has 0 radical (unpaired) electrons. The average molecular weight is 311 g/mol. The van der Waals surface area contributed by atoms with Crippen LogP contribution in [0, 0.1) is 11.6 Å². The first-order chi connectivity index (χ1) is 8.69. The van der Waals surface area contributed by atoms with E-state index in [2.05, 4.69) is 15.9 Å². The van der Waals surface area contributed by atoms with Crippen LogP contribution in [0.1, 0.15) is 17.0 Å². The van der Waals surface area contributed by atoms with Gasteiger partial charge in [-0.05, 0) is 35.6 Å². The van der Waals surface area contributed by atoms with Crippen LogP contribution < -0.4 is 0 Å². The zero-order valence-electron chi connectivity index (χ0n) is 9.74. The molecular weight excluding hydrogens is 298 g/mol. The van der Waals surface area contributed by atoms with Gasteiger partial charge in [0.2, 0.25) is 0 Å². The van der Waals surface area contributed by atoms with Crippen LogP contribution in [0.3, 0.4) is 0 Å². The highest BCUT2D eigenvalue weighted by molar-refractivity contribution is 9.09. The van der Waals surface area contributed by atoms with Crippen LogP contribution in [0.15, 0.2) is 48.5 Å². The molecule has 0 aromatic heterocycles. The molecule has 94 valence electrons. The van der Waals surface area contributed by atoms with Crippen LogP contribution in [0.5, 0.6) is 0 Å². The fourth-order valence-corrected chi connectivity index (χ4v) is 2.60. The van der Waals surface area contributed by atoms with Gasteiger partial charge < -0.3 is 0 Å². The van der Waals surface area contributed by atoms with Crippen LogP contribution >= 0.6 is 15.9 Å². The molecule has 18 heavy (non-hydrogen) atoms. The third kappa shape index (κ3) is 3.39. The monoisotopic (exact) mass is 310 g/mol. The van der Waals surface area contributed by atoms with Gasteiger partial charge in [-0.3, -0.25) is 0 Å². The first-order valence-electron chi connectivity index (χ1n) is 5.75. The van der Waals surface area contributed by atoms with Gasteiger partial charge in [-0.1, -0.05) is 46.3 Å². The van der Waals surface area contributed by atoms with Gasteiger partial charge in [0.05, 0.1) is 0 Å². The molecule has 2 rings (SSSR count). The Labute approximate surface area is 114 Å². The van der Waals surface area contributed by atoms with Crippen LogP contribution in [0.25, 0.3) is 0 Å². The molecule has 0 heterocycles. The highest BCUT2D eigenvalue weighted by atomic mass is 79.9. The summed E-state index contributed by atoms with van der Waals surface area (Å²) in [6.07, 6.45) is 0.615. The fraction of sp³-hybridized carbons (Fsp3) is 0.200. The largest absolute Gasteiger partial charge is 0.207 e. The van der Waals surface area contributed by atoms with Crippen molar-refractivity contribution in [2.24, 2.45) is 0 Å². The molecule has 0 nitrogen and oxygen atoms in total. The number of benzene rings is 2. The van der Waals surface area contributed by atoms with Crippen molar-refractivity contribution in [2.75, 3.05) is 5.33 Å². The van der Waals surface area contributed by atoms with Crippen molar-refractivity contribution < 1.29 is 8.78 Å². The summed E-state index contributed by atoms with van der Waals surface area (Å²) in [5, 5.41) is 0.759. The van der Waals surface area contributed by atoms with Crippen molar-refractivity contribution in [3.63, 3.8) is 0 Å². The van der Waals surface area contributed by atoms with E-state index in [9.17, 15) is 8.78 Å². The van der Waals surface area contributed by atoms with Crippen molar-refractivity contribution >= 4 is 15.9 Å². The number of hydrogen-bond acceptors (Lipinski definition) is 0. The van der Waals surface area contributed by atoms with Gasteiger partial charge in [0.25, 0.3) is 0 Å². The topological polar surface area (TPSA) is 0 Å². The van der Waals surface area contributed by atoms with Gasteiger partial charge in [-0.25, -0.2) is 8.78 Å². The lowest BCUT2D eigenvalue weighted by Crippen LogP contribution is -2.05. The Morgan fingerprint density at radius 3 is 2.11 bits per heavy atom. The molecule has 1 atom stereocenters. The molecule has 0 aliphatic carbocycles. The molecule has 0 N–H and O–H groups in total. The Balaban J connectivity index is 2.20. The van der Waals surface area contributed by atoms with Crippen molar-refractivity contribution in [2.45, 2.75) is 12.3 Å². The molecular formula is C15H13BrF2. The third-order valence-electron chi connectivity index (χ3n) is 2.86. The number of rotatable bonds is 4. The van der Waals surface area contributed by atoms with Gasteiger partial charge >= 0.3 is 0 Å². The maximum Gasteiger partial charge on any atom is 0.126 e. The normalized spacial score (nSPS) is 12.4. The molecule has 0 saturated carbocycles. The van der Waals surface area contributed by atoms with Gasteiger partial charge in [0.15, 0.2) is 0 Å². The summed E-state index contributed by atoms with van der Waals surface area (Å²) in [4.78, 5) is 0. The van der Waals surface area contributed by atoms with Crippen LogP contribution in [0.2, 0.25) is 0 Å². The molecule has 0 bridgehead atoms. The Kier molecular flexibility index (Phi) is 4.48. The maximum absolute atomic E-state index is 13.1. The van der Waals surface area contributed by atoms with Crippen molar-refractivity contribution in [1.82, 2.24) is 0 Å². The quantitative estimate of drug-likeness (QED) is 0.719. The molecule has 0 amide bonds. The second-order valence-corrected chi connectivity index (χ2v) is 4.89. The molecule has 2 aromatic carbocycles. The highest BCUT2D eigenvalue weighted by Gasteiger charge is 2.12. The van der Waals surface area contributed by atoms with E-state index in [0.717, 1.165) is 11.4 Å². The van der Waals surface area contributed by atoms with E-state index in [1.807, 2.05) is 30.3 Å². The van der Waals surface area contributed by atoms with Crippen molar-refractivity contribution in [3.8, 4) is 0 Å². The lowest BCUT2D eigenvalue weighted by atomic mass is 9.94. The minimum Gasteiger partial charge on any atom is -0.207 e. The van der Waals surface area contributed by atoms with Gasteiger partial charge in [-0.15, -0.1) is 0 Å². The minimum absolute atomic E-state index is 0.215. The minimum atomic E-state index is -0.522. The molecule has 0 aliphatic rings. The summed E-state index contributed by atoms with van der Waals surface area (Å²) in [6.45, 7) is 0. The average Bonchev–Trinajstić information content (AvgIpc) is 2.36. The summed E-state index contributed by atoms with van der Waals surface area (Å²) >= 11 is 3.46. The zero-order chi connectivity index (χ0) is 13.0. The summed E-state index contributed by atoms with van der Waals surface area (Å²) < 4.78 is 26.3. The first-order valence-corrected chi connectivity index (χ1v) is 6.87. The number of alkyl halides is 1. The van der Waals surface area contributed by atoms with Crippen molar-refractivity contribution in [3.05, 3.63) is 71.3 Å². The second-order valence-electron chi connectivity index (χ2n) is 4.24. The number of halogens is 3. The van der Waals surface area contributed by atoms with Gasteiger partial charge in [0, 0.05) is 11.4 Å². The van der Waals surface area contributed by atoms with E-state index in [1.54, 1.807) is 0 Å². The van der Waals surface area contributed by atoms with Gasteiger partial charge in [-0.2, -0.15) is 0 Å². The summed E-state index contributed by atoms with van der Waals surface area (Å²) in [7, 11) is 0. The Morgan fingerprint density at radius 1 is 0.944 bits per heavy atom. The van der Waals surface area contributed by atoms with E-state index in [4.69, 9.17) is 0 Å². The Morgan fingerprint density at radius 2 is 1.56 bits per heavy atom. The predicted octanol–water partition coefficient (Wildman–Crippen LogP) is 4.69. The molecule has 1 unspecified atom stereocenters. The Hall–Kier alpha value is -1.22. The third-order valence-corrected chi connectivity index (χ3v) is 3.64. The second kappa shape index (κ2) is 6.10. The lowest BCUT2D eigenvalue weighted by molar-refractivity contribution is 0.577.